The van der Waals surface area contributed by atoms with Crippen molar-refractivity contribution in [3.05, 3.63) is 65.5 Å². The predicted molar refractivity (Wildman–Crippen MR) is 117 cm³/mol. The Balaban J connectivity index is 1.27. The Kier molecular flexibility index (Phi) is 5.41. The van der Waals surface area contributed by atoms with Crippen LogP contribution in [0, 0.1) is 5.92 Å². The Bertz CT molecular complexity index is 984. The number of likely N-dealkylation sites (tertiary alicyclic amines) is 1. The number of carbonyl (C=O) groups excluding carboxylic acids is 1. The van der Waals surface area contributed by atoms with Crippen LogP contribution in [0.4, 0.5) is 0 Å². The summed E-state index contributed by atoms with van der Waals surface area (Å²) in [6.45, 7) is 10.5. The van der Waals surface area contributed by atoms with Crippen molar-refractivity contribution >= 4 is 16.9 Å². The highest BCUT2D eigenvalue weighted by atomic mass is 16.1. The summed E-state index contributed by atoms with van der Waals surface area (Å²) in [5, 5.41) is 4.08. The molecule has 5 heteroatoms. The molecule has 1 fully saturated rings. The predicted octanol–water partition coefficient (Wildman–Crippen LogP) is 4.11. The summed E-state index contributed by atoms with van der Waals surface area (Å²) in [5.41, 5.74) is 4.13. The summed E-state index contributed by atoms with van der Waals surface area (Å²) in [7, 11) is 0. The van der Waals surface area contributed by atoms with Gasteiger partial charge in [0.05, 0.1) is 0 Å². The fourth-order valence-corrected chi connectivity index (χ4v) is 3.98. The second-order valence-electron chi connectivity index (χ2n) is 9.16. The van der Waals surface area contributed by atoms with Gasteiger partial charge < -0.3 is 10.3 Å². The van der Waals surface area contributed by atoms with E-state index >= 15 is 0 Å². The average molecular weight is 391 g/mol. The Hall–Kier alpha value is -2.66. The van der Waals surface area contributed by atoms with E-state index in [9.17, 15) is 4.79 Å². The number of hydrogen-bond donors (Lipinski definition) is 2. The standard InChI is InChI=1S/C24H30N4O/c1-24(2,3)20-7-4-17(5-8-20)15-28-13-11-18(16-28)14-26-23(29)21-9-6-19-10-12-25-22(19)27-21/h4-10,12,18H,11,13-16H2,1-3H3,(H,25,27)(H,26,29). The molecule has 1 amide bonds. The van der Waals surface area contributed by atoms with E-state index in [4.69, 9.17) is 0 Å². The summed E-state index contributed by atoms with van der Waals surface area (Å²) in [6, 6.07) is 14.7. The highest BCUT2D eigenvalue weighted by molar-refractivity contribution is 5.94. The van der Waals surface area contributed by atoms with E-state index in [0.717, 1.165) is 37.1 Å². The molecular weight excluding hydrogens is 360 g/mol. The zero-order chi connectivity index (χ0) is 20.4. The van der Waals surface area contributed by atoms with Crippen LogP contribution in [0.2, 0.25) is 0 Å². The molecule has 3 heterocycles. The van der Waals surface area contributed by atoms with Crippen molar-refractivity contribution < 1.29 is 4.79 Å². The number of carbonyl (C=O) groups is 1. The van der Waals surface area contributed by atoms with Crippen LogP contribution in [0.3, 0.4) is 0 Å². The molecular formula is C24H30N4O. The molecule has 4 rings (SSSR count). The quantitative estimate of drug-likeness (QED) is 0.689. The summed E-state index contributed by atoms with van der Waals surface area (Å²) in [4.78, 5) is 22.4. The van der Waals surface area contributed by atoms with E-state index in [1.165, 1.54) is 11.1 Å². The molecule has 1 unspecified atom stereocenters. The molecule has 0 spiro atoms. The van der Waals surface area contributed by atoms with Gasteiger partial charge in [-0.05, 0) is 53.6 Å². The number of fused-ring (bicyclic) bond motifs is 1. The Morgan fingerprint density at radius 3 is 2.72 bits per heavy atom. The number of aromatic nitrogens is 2. The van der Waals surface area contributed by atoms with Crippen LogP contribution in [0.15, 0.2) is 48.7 Å². The first-order chi connectivity index (χ1) is 13.9. The molecule has 2 N–H and O–H groups in total. The molecule has 1 aliphatic rings. The molecule has 1 atom stereocenters. The zero-order valence-corrected chi connectivity index (χ0v) is 17.5. The molecule has 5 nitrogen and oxygen atoms in total. The molecule has 1 aliphatic heterocycles. The maximum absolute atomic E-state index is 12.5. The van der Waals surface area contributed by atoms with Gasteiger partial charge in [-0.15, -0.1) is 0 Å². The van der Waals surface area contributed by atoms with E-state index in [-0.39, 0.29) is 11.3 Å². The van der Waals surface area contributed by atoms with Crippen LogP contribution in [0.5, 0.6) is 0 Å². The number of pyridine rings is 1. The molecule has 0 aliphatic carbocycles. The Morgan fingerprint density at radius 1 is 1.17 bits per heavy atom. The molecule has 2 aromatic heterocycles. The first-order valence-electron chi connectivity index (χ1n) is 10.4. The lowest BCUT2D eigenvalue weighted by Gasteiger charge is -2.20. The molecule has 152 valence electrons. The lowest BCUT2D eigenvalue weighted by atomic mass is 9.87. The SMILES string of the molecule is CC(C)(C)c1ccc(CN2CCC(CNC(=O)c3ccc4cc[nH]c4n3)C2)cc1. The fourth-order valence-electron chi connectivity index (χ4n) is 3.98. The second kappa shape index (κ2) is 7.99. The minimum atomic E-state index is -0.0993. The number of hydrogen-bond acceptors (Lipinski definition) is 3. The zero-order valence-electron chi connectivity index (χ0n) is 17.5. The van der Waals surface area contributed by atoms with Crippen LogP contribution in [-0.2, 0) is 12.0 Å². The van der Waals surface area contributed by atoms with Gasteiger partial charge >= 0.3 is 0 Å². The van der Waals surface area contributed by atoms with Gasteiger partial charge in [0.2, 0.25) is 0 Å². The van der Waals surface area contributed by atoms with E-state index in [1.807, 2.05) is 18.3 Å². The number of amides is 1. The Morgan fingerprint density at radius 2 is 1.97 bits per heavy atom. The highest BCUT2D eigenvalue weighted by Gasteiger charge is 2.23. The molecule has 1 aromatic carbocycles. The monoisotopic (exact) mass is 390 g/mol. The normalized spacial score (nSPS) is 17.7. The van der Waals surface area contributed by atoms with E-state index in [1.54, 1.807) is 6.07 Å². The highest BCUT2D eigenvalue weighted by Crippen LogP contribution is 2.24. The molecule has 3 aromatic rings. The lowest BCUT2D eigenvalue weighted by Crippen LogP contribution is -2.31. The number of nitrogens with one attached hydrogen (secondary N) is 2. The number of rotatable bonds is 5. The third-order valence-corrected chi connectivity index (χ3v) is 5.79. The third kappa shape index (κ3) is 4.67. The minimum Gasteiger partial charge on any atom is -0.350 e. The maximum Gasteiger partial charge on any atom is 0.269 e. The van der Waals surface area contributed by atoms with Crippen molar-refractivity contribution in [3.63, 3.8) is 0 Å². The first-order valence-corrected chi connectivity index (χ1v) is 10.4. The van der Waals surface area contributed by atoms with Gasteiger partial charge in [-0.25, -0.2) is 4.98 Å². The molecule has 0 radical (unpaired) electrons. The summed E-state index contributed by atoms with van der Waals surface area (Å²) >= 11 is 0. The van der Waals surface area contributed by atoms with Crippen LogP contribution in [0.25, 0.3) is 11.0 Å². The molecule has 0 bridgehead atoms. The average Bonchev–Trinajstić information content (AvgIpc) is 3.34. The van der Waals surface area contributed by atoms with Crippen LogP contribution < -0.4 is 5.32 Å². The lowest BCUT2D eigenvalue weighted by molar-refractivity contribution is 0.0942. The van der Waals surface area contributed by atoms with E-state index in [0.29, 0.717) is 18.2 Å². The van der Waals surface area contributed by atoms with Crippen LogP contribution in [0.1, 0.15) is 48.8 Å². The van der Waals surface area contributed by atoms with E-state index in [2.05, 4.69) is 65.2 Å². The van der Waals surface area contributed by atoms with Gasteiger partial charge in [0.25, 0.3) is 5.91 Å². The topological polar surface area (TPSA) is 61.0 Å². The van der Waals surface area contributed by atoms with Crippen molar-refractivity contribution in [1.29, 1.82) is 0 Å². The first kappa shape index (κ1) is 19.6. The van der Waals surface area contributed by atoms with Crippen molar-refractivity contribution in [2.75, 3.05) is 19.6 Å². The van der Waals surface area contributed by atoms with Crippen molar-refractivity contribution in [3.8, 4) is 0 Å². The summed E-state index contributed by atoms with van der Waals surface area (Å²) in [5.74, 6) is 0.389. The minimum absolute atomic E-state index is 0.0993. The Labute approximate surface area is 172 Å². The maximum atomic E-state index is 12.5. The third-order valence-electron chi connectivity index (χ3n) is 5.79. The van der Waals surface area contributed by atoms with Crippen LogP contribution >= 0.6 is 0 Å². The van der Waals surface area contributed by atoms with Crippen molar-refractivity contribution in [2.45, 2.75) is 39.2 Å². The van der Waals surface area contributed by atoms with E-state index < -0.39 is 0 Å². The summed E-state index contributed by atoms with van der Waals surface area (Å²) in [6.07, 6.45) is 2.95. The number of aromatic amines is 1. The largest absolute Gasteiger partial charge is 0.350 e. The number of benzene rings is 1. The molecule has 0 saturated carbocycles. The van der Waals surface area contributed by atoms with Gasteiger partial charge in [0.1, 0.15) is 11.3 Å². The number of H-pyrrole nitrogens is 1. The van der Waals surface area contributed by atoms with Gasteiger partial charge in [-0.1, -0.05) is 45.0 Å². The molecule has 1 saturated heterocycles. The van der Waals surface area contributed by atoms with Gasteiger partial charge in [0, 0.05) is 31.2 Å². The van der Waals surface area contributed by atoms with Gasteiger partial charge in [-0.3, -0.25) is 9.69 Å². The fraction of sp³-hybridized carbons (Fsp3) is 0.417. The summed E-state index contributed by atoms with van der Waals surface area (Å²) < 4.78 is 0. The number of nitrogens with zero attached hydrogens (tertiary/aromatic N) is 2. The van der Waals surface area contributed by atoms with Crippen molar-refractivity contribution in [1.82, 2.24) is 20.2 Å². The van der Waals surface area contributed by atoms with Gasteiger partial charge in [0.15, 0.2) is 0 Å². The van der Waals surface area contributed by atoms with Crippen LogP contribution in [-0.4, -0.2) is 40.4 Å². The van der Waals surface area contributed by atoms with Gasteiger partial charge in [-0.2, -0.15) is 0 Å². The second-order valence-corrected chi connectivity index (χ2v) is 9.16. The van der Waals surface area contributed by atoms with Crippen molar-refractivity contribution in [2.24, 2.45) is 5.92 Å². The smallest absolute Gasteiger partial charge is 0.269 e. The molecule has 29 heavy (non-hydrogen) atoms.